The average Bonchev–Trinajstić information content (AvgIpc) is 3.23. The summed E-state index contributed by atoms with van der Waals surface area (Å²) in [6, 6.07) is 9.68. The maximum absolute atomic E-state index is 13.4. The number of anilines is 1. The van der Waals surface area contributed by atoms with Gasteiger partial charge in [-0.1, -0.05) is 11.8 Å². The third kappa shape index (κ3) is 4.67. The van der Waals surface area contributed by atoms with Crippen molar-refractivity contribution in [3.63, 3.8) is 0 Å². The van der Waals surface area contributed by atoms with Gasteiger partial charge < -0.3 is 10.2 Å². The molecule has 3 heterocycles. The molecule has 1 fully saturated rings. The first-order valence-corrected chi connectivity index (χ1v) is 11.6. The summed E-state index contributed by atoms with van der Waals surface area (Å²) < 4.78 is 15.1. The minimum absolute atomic E-state index is 0.0729. The lowest BCUT2D eigenvalue weighted by molar-refractivity contribution is -0.121. The van der Waals surface area contributed by atoms with E-state index in [0.29, 0.717) is 48.3 Å². The van der Waals surface area contributed by atoms with Crippen molar-refractivity contribution in [1.29, 1.82) is 0 Å². The summed E-state index contributed by atoms with van der Waals surface area (Å²) in [6.07, 6.45) is 6.25. The van der Waals surface area contributed by atoms with E-state index in [4.69, 9.17) is 0 Å². The molecule has 0 saturated carbocycles. The zero-order valence-corrected chi connectivity index (χ0v) is 18.7. The molecular formula is C23H24FN5O2S. The van der Waals surface area contributed by atoms with Gasteiger partial charge in [-0.2, -0.15) is 0 Å². The second-order valence-electron chi connectivity index (χ2n) is 7.72. The molecular weight excluding hydrogens is 429 g/mol. The minimum atomic E-state index is -0.339. The number of halogens is 1. The molecule has 2 amide bonds. The molecule has 0 aliphatic carbocycles. The molecule has 0 radical (unpaired) electrons. The number of carbonyl (C=O) groups is 2. The summed E-state index contributed by atoms with van der Waals surface area (Å²) in [5.41, 5.74) is 2.13. The number of imidazole rings is 1. The van der Waals surface area contributed by atoms with Gasteiger partial charge in [0.05, 0.1) is 6.20 Å². The molecule has 0 unspecified atom stereocenters. The van der Waals surface area contributed by atoms with Gasteiger partial charge in [-0.05, 0) is 68.0 Å². The summed E-state index contributed by atoms with van der Waals surface area (Å²) >= 11 is 1.41. The lowest BCUT2D eigenvalue weighted by atomic mass is 9.95. The van der Waals surface area contributed by atoms with Crippen molar-refractivity contribution >= 4 is 29.4 Å². The zero-order valence-electron chi connectivity index (χ0n) is 17.9. The van der Waals surface area contributed by atoms with Gasteiger partial charge in [-0.25, -0.2) is 14.4 Å². The molecule has 4 rings (SSSR count). The molecule has 1 saturated heterocycles. The SMILES string of the molecule is CSc1ncc(C(=O)N2CCC(C(=O)Nc3cc(C)ccn3)CC2)n1-c1ccc(F)cc1. The first-order valence-electron chi connectivity index (χ1n) is 10.4. The van der Waals surface area contributed by atoms with E-state index >= 15 is 0 Å². The predicted octanol–water partition coefficient (Wildman–Crippen LogP) is 3.93. The number of pyridine rings is 1. The maximum Gasteiger partial charge on any atom is 0.272 e. The fourth-order valence-electron chi connectivity index (χ4n) is 3.81. The number of nitrogens with one attached hydrogen (secondary N) is 1. The molecule has 0 spiro atoms. The number of hydrogen-bond donors (Lipinski definition) is 1. The Bertz CT molecular complexity index is 1120. The second-order valence-corrected chi connectivity index (χ2v) is 8.49. The van der Waals surface area contributed by atoms with E-state index in [9.17, 15) is 14.0 Å². The Morgan fingerprint density at radius 1 is 1.12 bits per heavy atom. The van der Waals surface area contributed by atoms with Crippen LogP contribution in [0.5, 0.6) is 0 Å². The Morgan fingerprint density at radius 3 is 2.50 bits per heavy atom. The number of amides is 2. The van der Waals surface area contributed by atoms with Gasteiger partial charge in [0.25, 0.3) is 5.91 Å². The van der Waals surface area contributed by atoms with E-state index in [2.05, 4.69) is 15.3 Å². The highest BCUT2D eigenvalue weighted by Gasteiger charge is 2.30. The van der Waals surface area contributed by atoms with Gasteiger partial charge in [0.2, 0.25) is 5.91 Å². The van der Waals surface area contributed by atoms with Crippen LogP contribution >= 0.6 is 11.8 Å². The Hall–Kier alpha value is -3.20. The summed E-state index contributed by atoms with van der Waals surface area (Å²) in [5.74, 6) is -0.197. The number of aromatic nitrogens is 3. The minimum Gasteiger partial charge on any atom is -0.337 e. The first-order chi connectivity index (χ1) is 15.5. The average molecular weight is 454 g/mol. The highest BCUT2D eigenvalue weighted by molar-refractivity contribution is 7.98. The van der Waals surface area contributed by atoms with Crippen molar-refractivity contribution in [3.8, 4) is 5.69 Å². The number of rotatable bonds is 5. The third-order valence-corrected chi connectivity index (χ3v) is 6.19. The highest BCUT2D eigenvalue weighted by atomic mass is 32.2. The van der Waals surface area contributed by atoms with Gasteiger partial charge in [-0.3, -0.25) is 14.2 Å². The number of aryl methyl sites for hydroxylation is 1. The molecule has 7 nitrogen and oxygen atoms in total. The lowest BCUT2D eigenvalue weighted by Crippen LogP contribution is -2.42. The number of likely N-dealkylation sites (tertiary alicyclic amines) is 1. The number of benzene rings is 1. The van der Waals surface area contributed by atoms with Crippen molar-refractivity contribution in [2.24, 2.45) is 5.92 Å². The molecule has 3 aromatic rings. The summed E-state index contributed by atoms with van der Waals surface area (Å²) in [4.78, 5) is 36.2. The van der Waals surface area contributed by atoms with Crippen molar-refractivity contribution in [1.82, 2.24) is 19.4 Å². The van der Waals surface area contributed by atoms with Gasteiger partial charge in [0.1, 0.15) is 17.3 Å². The normalized spacial score (nSPS) is 14.4. The van der Waals surface area contributed by atoms with Crippen LogP contribution in [-0.2, 0) is 4.79 Å². The van der Waals surface area contributed by atoms with Crippen molar-refractivity contribution < 1.29 is 14.0 Å². The molecule has 166 valence electrons. The fourth-order valence-corrected chi connectivity index (χ4v) is 4.35. The van der Waals surface area contributed by atoms with Gasteiger partial charge in [-0.15, -0.1) is 0 Å². The van der Waals surface area contributed by atoms with Gasteiger partial charge >= 0.3 is 0 Å². The van der Waals surface area contributed by atoms with E-state index in [1.807, 2.05) is 25.3 Å². The zero-order chi connectivity index (χ0) is 22.7. The number of hydrogen-bond acceptors (Lipinski definition) is 5. The molecule has 1 aromatic carbocycles. The topological polar surface area (TPSA) is 80.1 Å². The van der Waals surface area contributed by atoms with Crippen molar-refractivity contribution in [2.45, 2.75) is 24.9 Å². The van der Waals surface area contributed by atoms with Crippen molar-refractivity contribution in [2.75, 3.05) is 24.7 Å². The Kier molecular flexibility index (Phi) is 6.55. The number of nitrogens with zero attached hydrogens (tertiary/aromatic N) is 4. The maximum atomic E-state index is 13.4. The van der Waals surface area contributed by atoms with Gasteiger partial charge in [0.15, 0.2) is 5.16 Å². The Labute approximate surface area is 190 Å². The molecule has 1 aliphatic rings. The lowest BCUT2D eigenvalue weighted by Gasteiger charge is -2.31. The second kappa shape index (κ2) is 9.52. The first kappa shape index (κ1) is 22.0. The van der Waals surface area contributed by atoms with Crippen LogP contribution in [0.15, 0.2) is 53.9 Å². The van der Waals surface area contributed by atoms with E-state index in [-0.39, 0.29) is 23.5 Å². The van der Waals surface area contributed by atoms with E-state index in [1.54, 1.807) is 34.0 Å². The van der Waals surface area contributed by atoms with Crippen LogP contribution in [0.1, 0.15) is 28.9 Å². The molecule has 1 N–H and O–H groups in total. The largest absolute Gasteiger partial charge is 0.337 e. The number of thioether (sulfide) groups is 1. The van der Waals surface area contributed by atoms with Crippen LogP contribution in [0.25, 0.3) is 5.69 Å². The summed E-state index contributed by atoms with van der Waals surface area (Å²) in [6.45, 7) is 2.89. The van der Waals surface area contributed by atoms with E-state index < -0.39 is 0 Å². The van der Waals surface area contributed by atoms with Crippen LogP contribution < -0.4 is 5.32 Å². The molecule has 2 aromatic heterocycles. The van der Waals surface area contributed by atoms with Crippen LogP contribution in [-0.4, -0.2) is 50.6 Å². The quantitative estimate of drug-likeness (QED) is 0.592. The smallest absolute Gasteiger partial charge is 0.272 e. The number of piperidine rings is 1. The van der Waals surface area contributed by atoms with Crippen LogP contribution in [0.3, 0.4) is 0 Å². The van der Waals surface area contributed by atoms with E-state index in [1.165, 1.54) is 23.9 Å². The summed E-state index contributed by atoms with van der Waals surface area (Å²) in [7, 11) is 0. The standard InChI is InChI=1S/C23H24FN5O2S/c1-15-7-10-25-20(13-15)27-21(30)16-8-11-28(12-9-16)22(31)19-14-26-23(32-2)29(19)18-5-3-17(24)4-6-18/h3-7,10,13-14,16H,8-9,11-12H2,1-2H3,(H,25,27,30). The van der Waals surface area contributed by atoms with Crippen LogP contribution in [0, 0.1) is 18.7 Å². The Balaban J connectivity index is 1.44. The molecule has 9 heteroatoms. The molecule has 0 atom stereocenters. The fraction of sp³-hybridized carbons (Fsp3) is 0.304. The Morgan fingerprint density at radius 2 is 1.84 bits per heavy atom. The number of carbonyl (C=O) groups excluding carboxylic acids is 2. The van der Waals surface area contributed by atoms with Crippen LogP contribution in [0.4, 0.5) is 10.2 Å². The summed E-state index contributed by atoms with van der Waals surface area (Å²) in [5, 5.41) is 3.53. The molecule has 1 aliphatic heterocycles. The van der Waals surface area contributed by atoms with Crippen molar-refractivity contribution in [3.05, 3.63) is 65.9 Å². The van der Waals surface area contributed by atoms with Gasteiger partial charge in [0, 0.05) is 30.9 Å². The van der Waals surface area contributed by atoms with E-state index in [0.717, 1.165) is 5.56 Å². The van der Waals surface area contributed by atoms with Crippen LogP contribution in [0.2, 0.25) is 0 Å². The molecule has 32 heavy (non-hydrogen) atoms. The highest BCUT2D eigenvalue weighted by Crippen LogP contribution is 2.25. The molecule has 0 bridgehead atoms. The monoisotopic (exact) mass is 453 g/mol. The third-order valence-electron chi connectivity index (χ3n) is 5.54. The predicted molar refractivity (Wildman–Crippen MR) is 122 cm³/mol.